The van der Waals surface area contributed by atoms with Gasteiger partial charge in [-0.2, -0.15) is 0 Å². The summed E-state index contributed by atoms with van der Waals surface area (Å²) in [6, 6.07) is 13.5. The van der Waals surface area contributed by atoms with Crippen LogP contribution in [0.5, 0.6) is 0 Å². The number of benzene rings is 2. The van der Waals surface area contributed by atoms with Crippen molar-refractivity contribution in [1.29, 1.82) is 0 Å². The zero-order chi connectivity index (χ0) is 19.6. The number of para-hydroxylation sites is 1. The number of rotatable bonds is 6. The van der Waals surface area contributed by atoms with E-state index >= 15 is 0 Å². The highest BCUT2D eigenvalue weighted by Crippen LogP contribution is 2.28. The van der Waals surface area contributed by atoms with E-state index in [4.69, 9.17) is 0 Å². The fourth-order valence-electron chi connectivity index (χ4n) is 2.48. The van der Waals surface area contributed by atoms with Gasteiger partial charge in [0.2, 0.25) is 10.0 Å². The van der Waals surface area contributed by atoms with Crippen molar-refractivity contribution in [2.24, 2.45) is 0 Å². The molecule has 1 aromatic heterocycles. The first-order chi connectivity index (χ1) is 12.8. The highest BCUT2D eigenvalue weighted by atomic mass is 32.2. The first kappa shape index (κ1) is 19.5. The number of nitrogens with one attached hydrogen (secondary N) is 1. The second-order valence-corrected chi connectivity index (χ2v) is 9.01. The number of carbonyl (C=O) groups is 1. The number of hydrogen-bond donors (Lipinski definition) is 1. The van der Waals surface area contributed by atoms with Crippen molar-refractivity contribution in [1.82, 2.24) is 9.71 Å². The van der Waals surface area contributed by atoms with Crippen LogP contribution >= 0.6 is 11.3 Å². The number of aromatic nitrogens is 1. The van der Waals surface area contributed by atoms with Crippen molar-refractivity contribution in [3.05, 3.63) is 54.1 Å². The molecule has 3 aromatic rings. The normalized spacial score (nSPS) is 12.9. The molecule has 1 amide bonds. The van der Waals surface area contributed by atoms with Crippen LogP contribution in [0, 0.1) is 0 Å². The number of anilines is 1. The van der Waals surface area contributed by atoms with Crippen molar-refractivity contribution < 1.29 is 13.2 Å². The second kappa shape index (κ2) is 7.75. The van der Waals surface area contributed by atoms with Gasteiger partial charge in [-0.3, -0.25) is 9.69 Å². The molecule has 0 aliphatic rings. The molecule has 0 bridgehead atoms. The predicted molar refractivity (Wildman–Crippen MR) is 109 cm³/mol. The fourth-order valence-corrected chi connectivity index (χ4v) is 4.73. The van der Waals surface area contributed by atoms with E-state index in [1.807, 2.05) is 38.1 Å². The predicted octanol–water partition coefficient (Wildman–Crippen LogP) is 3.65. The standard InChI is InChI=1S/C19H21N3O3S2/c1-4-13(2)21-27(24,25)15-11-9-14(10-12-15)18(23)22(3)19-20-16-7-5-6-8-17(16)26-19/h5-13,21H,4H2,1-3H3. The van der Waals surface area contributed by atoms with Crippen molar-refractivity contribution in [3.8, 4) is 0 Å². The van der Waals surface area contributed by atoms with Crippen molar-refractivity contribution in [3.63, 3.8) is 0 Å². The highest BCUT2D eigenvalue weighted by Gasteiger charge is 2.20. The van der Waals surface area contributed by atoms with E-state index in [1.54, 1.807) is 7.05 Å². The third-order valence-electron chi connectivity index (χ3n) is 4.25. The molecule has 8 heteroatoms. The van der Waals surface area contributed by atoms with Crippen molar-refractivity contribution >= 4 is 42.6 Å². The Hall–Kier alpha value is -2.29. The average molecular weight is 404 g/mol. The molecule has 0 aliphatic carbocycles. The van der Waals surface area contributed by atoms with Gasteiger partial charge in [0.15, 0.2) is 5.13 Å². The van der Waals surface area contributed by atoms with Crippen LogP contribution in [-0.4, -0.2) is 32.4 Å². The first-order valence-corrected chi connectivity index (χ1v) is 10.9. The number of thiazole rings is 1. The third-order valence-corrected chi connectivity index (χ3v) is 6.97. The maximum absolute atomic E-state index is 12.7. The van der Waals surface area contributed by atoms with Crippen LogP contribution in [0.2, 0.25) is 0 Å². The summed E-state index contributed by atoms with van der Waals surface area (Å²) >= 11 is 1.43. The van der Waals surface area contributed by atoms with E-state index < -0.39 is 10.0 Å². The van der Waals surface area contributed by atoms with E-state index in [-0.39, 0.29) is 16.8 Å². The van der Waals surface area contributed by atoms with Crippen LogP contribution in [0.4, 0.5) is 5.13 Å². The monoisotopic (exact) mass is 403 g/mol. The van der Waals surface area contributed by atoms with Gasteiger partial charge in [-0.1, -0.05) is 30.4 Å². The maximum atomic E-state index is 12.7. The summed E-state index contributed by atoms with van der Waals surface area (Å²) in [5.41, 5.74) is 1.24. The van der Waals surface area contributed by atoms with Crippen LogP contribution < -0.4 is 9.62 Å². The second-order valence-electron chi connectivity index (χ2n) is 6.28. The van der Waals surface area contributed by atoms with Gasteiger partial charge in [0.1, 0.15) is 0 Å². The Morgan fingerprint density at radius 3 is 2.48 bits per heavy atom. The van der Waals surface area contributed by atoms with Crippen LogP contribution in [0.25, 0.3) is 10.2 Å². The van der Waals surface area contributed by atoms with Crippen molar-refractivity contribution in [2.45, 2.75) is 31.2 Å². The van der Waals surface area contributed by atoms with E-state index in [0.29, 0.717) is 17.1 Å². The topological polar surface area (TPSA) is 79.4 Å². The molecule has 1 heterocycles. The summed E-state index contributed by atoms with van der Waals surface area (Å²) in [5.74, 6) is -0.243. The van der Waals surface area contributed by atoms with Gasteiger partial charge in [-0.25, -0.2) is 18.1 Å². The smallest absolute Gasteiger partial charge is 0.259 e. The Morgan fingerprint density at radius 1 is 1.19 bits per heavy atom. The number of sulfonamides is 1. The molecule has 0 aliphatic heterocycles. The van der Waals surface area contributed by atoms with Gasteiger partial charge >= 0.3 is 0 Å². The summed E-state index contributed by atoms with van der Waals surface area (Å²) in [7, 11) is -1.93. The Kier molecular flexibility index (Phi) is 5.59. The molecular weight excluding hydrogens is 382 g/mol. The molecule has 0 spiro atoms. The van der Waals surface area contributed by atoms with E-state index in [0.717, 1.165) is 10.2 Å². The molecule has 1 unspecified atom stereocenters. The largest absolute Gasteiger partial charge is 0.287 e. The SMILES string of the molecule is CCC(C)NS(=O)(=O)c1ccc(C(=O)N(C)c2nc3ccccc3s2)cc1. The number of amides is 1. The molecule has 0 saturated carbocycles. The Labute approximate surface area is 162 Å². The lowest BCUT2D eigenvalue weighted by atomic mass is 10.2. The zero-order valence-electron chi connectivity index (χ0n) is 15.3. The first-order valence-electron chi connectivity index (χ1n) is 8.58. The van der Waals surface area contributed by atoms with E-state index in [9.17, 15) is 13.2 Å². The number of hydrogen-bond acceptors (Lipinski definition) is 5. The van der Waals surface area contributed by atoms with Crippen LogP contribution in [0.3, 0.4) is 0 Å². The lowest BCUT2D eigenvalue weighted by Gasteiger charge is -2.15. The Morgan fingerprint density at radius 2 is 1.85 bits per heavy atom. The maximum Gasteiger partial charge on any atom is 0.259 e. The van der Waals surface area contributed by atoms with Gasteiger partial charge < -0.3 is 0 Å². The molecule has 6 nitrogen and oxygen atoms in total. The molecule has 27 heavy (non-hydrogen) atoms. The molecule has 0 fully saturated rings. The highest BCUT2D eigenvalue weighted by molar-refractivity contribution is 7.89. The average Bonchev–Trinajstić information content (AvgIpc) is 3.10. The summed E-state index contributed by atoms with van der Waals surface area (Å²) in [5, 5.41) is 0.594. The molecule has 2 aromatic carbocycles. The number of carbonyl (C=O) groups excluding carboxylic acids is 1. The van der Waals surface area contributed by atoms with Crippen LogP contribution in [0.1, 0.15) is 30.6 Å². The van der Waals surface area contributed by atoms with Gasteiger partial charge in [-0.05, 0) is 49.7 Å². The summed E-state index contributed by atoms with van der Waals surface area (Å²) in [6.45, 7) is 3.72. The van der Waals surface area contributed by atoms with Gasteiger partial charge in [0, 0.05) is 18.7 Å². The van der Waals surface area contributed by atoms with Crippen molar-refractivity contribution in [2.75, 3.05) is 11.9 Å². The Bertz CT molecular complexity index is 1030. The van der Waals surface area contributed by atoms with Gasteiger partial charge in [0.25, 0.3) is 5.91 Å². The minimum absolute atomic E-state index is 0.141. The fraction of sp³-hybridized carbons (Fsp3) is 0.263. The summed E-state index contributed by atoms with van der Waals surface area (Å²) in [6.07, 6.45) is 0.697. The van der Waals surface area contributed by atoms with Gasteiger partial charge in [-0.15, -0.1) is 0 Å². The summed E-state index contributed by atoms with van der Waals surface area (Å²) < 4.78 is 28.3. The Balaban J connectivity index is 1.80. The van der Waals surface area contributed by atoms with Crippen LogP contribution in [-0.2, 0) is 10.0 Å². The van der Waals surface area contributed by atoms with Crippen LogP contribution in [0.15, 0.2) is 53.4 Å². The van der Waals surface area contributed by atoms with Gasteiger partial charge in [0.05, 0.1) is 15.1 Å². The zero-order valence-corrected chi connectivity index (χ0v) is 17.0. The molecule has 1 N–H and O–H groups in total. The number of fused-ring (bicyclic) bond motifs is 1. The molecular formula is C19H21N3O3S2. The molecule has 0 saturated heterocycles. The molecule has 0 radical (unpaired) electrons. The van der Waals surface area contributed by atoms with E-state index in [1.165, 1.54) is 40.5 Å². The van der Waals surface area contributed by atoms with E-state index in [2.05, 4.69) is 9.71 Å². The molecule has 1 atom stereocenters. The lowest BCUT2D eigenvalue weighted by Crippen LogP contribution is -2.32. The minimum Gasteiger partial charge on any atom is -0.287 e. The molecule has 142 valence electrons. The molecule has 3 rings (SSSR count). The quantitative estimate of drug-likeness (QED) is 0.681. The lowest BCUT2D eigenvalue weighted by molar-refractivity contribution is 0.0993. The third kappa shape index (κ3) is 4.18. The summed E-state index contributed by atoms with van der Waals surface area (Å²) in [4.78, 5) is 18.8. The number of nitrogens with zero attached hydrogens (tertiary/aromatic N) is 2. The minimum atomic E-state index is -3.59.